The molecule has 170 valence electrons. The standard InChI is InChI=1S/C28H24N2O2S2/c31-27(29-25-13-11-21-7-1-3-9-23(21)17-25)19-33-15-5-6-16-34-20-28(32)30-26-14-12-22-8-2-4-10-24(22)18-26/h1-4,7-14,17-18H,15-16,19-20H2,(H,29,31)(H,30,32). The zero-order valence-corrected chi connectivity index (χ0v) is 20.2. The van der Waals surface area contributed by atoms with Crippen molar-refractivity contribution in [2.75, 3.05) is 33.6 Å². The topological polar surface area (TPSA) is 58.2 Å². The fourth-order valence-corrected chi connectivity index (χ4v) is 4.55. The van der Waals surface area contributed by atoms with Crippen LogP contribution in [0.2, 0.25) is 0 Å². The van der Waals surface area contributed by atoms with E-state index < -0.39 is 0 Å². The van der Waals surface area contributed by atoms with Crippen molar-refractivity contribution >= 4 is 68.3 Å². The van der Waals surface area contributed by atoms with E-state index in [2.05, 4.69) is 22.5 Å². The van der Waals surface area contributed by atoms with Crippen molar-refractivity contribution in [2.24, 2.45) is 0 Å². The summed E-state index contributed by atoms with van der Waals surface area (Å²) in [7, 11) is 0. The van der Waals surface area contributed by atoms with Gasteiger partial charge in [-0.2, -0.15) is 0 Å². The molecule has 34 heavy (non-hydrogen) atoms. The Balaban J connectivity index is 1.10. The van der Waals surface area contributed by atoms with Crippen LogP contribution >= 0.6 is 23.5 Å². The molecule has 0 aliphatic rings. The zero-order valence-electron chi connectivity index (χ0n) is 18.5. The Bertz CT molecular complexity index is 1270. The molecule has 0 fully saturated rings. The van der Waals surface area contributed by atoms with E-state index in [9.17, 15) is 9.59 Å². The smallest absolute Gasteiger partial charge is 0.234 e. The maximum absolute atomic E-state index is 12.2. The number of carbonyl (C=O) groups is 2. The normalized spacial score (nSPS) is 10.5. The monoisotopic (exact) mass is 484 g/mol. The third-order valence-corrected chi connectivity index (χ3v) is 6.64. The van der Waals surface area contributed by atoms with Crippen molar-refractivity contribution in [3.05, 3.63) is 84.9 Å². The second-order valence-electron chi connectivity index (χ2n) is 7.56. The summed E-state index contributed by atoms with van der Waals surface area (Å²) in [4.78, 5) is 24.3. The minimum atomic E-state index is -0.0400. The highest BCUT2D eigenvalue weighted by Gasteiger charge is 2.04. The summed E-state index contributed by atoms with van der Waals surface area (Å²) in [5.74, 6) is 7.88. The minimum absolute atomic E-state index is 0.0400. The number of hydrogen-bond donors (Lipinski definition) is 2. The molecule has 0 spiro atoms. The molecule has 0 aliphatic carbocycles. The van der Waals surface area contributed by atoms with Gasteiger partial charge in [0.25, 0.3) is 0 Å². The SMILES string of the molecule is O=C(CSCC#CCSCC(=O)Nc1ccc2ccccc2c1)Nc1ccc2ccccc2c1. The lowest BCUT2D eigenvalue weighted by atomic mass is 10.1. The second kappa shape index (κ2) is 12.2. The van der Waals surface area contributed by atoms with Crippen molar-refractivity contribution < 1.29 is 9.59 Å². The first-order valence-electron chi connectivity index (χ1n) is 10.9. The number of fused-ring (bicyclic) bond motifs is 2. The first kappa shape index (κ1) is 23.7. The van der Waals surface area contributed by atoms with Crippen LogP contribution in [0.15, 0.2) is 84.9 Å². The van der Waals surface area contributed by atoms with Gasteiger partial charge in [0.15, 0.2) is 0 Å². The minimum Gasteiger partial charge on any atom is -0.325 e. The van der Waals surface area contributed by atoms with Crippen molar-refractivity contribution in [1.29, 1.82) is 0 Å². The molecule has 0 aliphatic heterocycles. The van der Waals surface area contributed by atoms with Crippen LogP contribution in [0.25, 0.3) is 21.5 Å². The van der Waals surface area contributed by atoms with E-state index in [-0.39, 0.29) is 11.8 Å². The lowest BCUT2D eigenvalue weighted by Gasteiger charge is -2.06. The Labute approximate surface area is 207 Å². The molecular weight excluding hydrogens is 460 g/mol. The third kappa shape index (κ3) is 7.05. The number of rotatable bonds is 8. The molecule has 4 rings (SSSR count). The van der Waals surface area contributed by atoms with Crippen LogP contribution in [-0.4, -0.2) is 34.8 Å². The highest BCUT2D eigenvalue weighted by molar-refractivity contribution is 8.00. The van der Waals surface area contributed by atoms with E-state index in [0.717, 1.165) is 32.9 Å². The summed E-state index contributed by atoms with van der Waals surface area (Å²) in [5, 5.41) is 10.4. The summed E-state index contributed by atoms with van der Waals surface area (Å²) in [6.07, 6.45) is 0. The number of thioether (sulfide) groups is 2. The van der Waals surface area contributed by atoms with Crippen LogP contribution in [0.4, 0.5) is 11.4 Å². The Hall–Kier alpha value is -3.40. The number of benzene rings is 4. The van der Waals surface area contributed by atoms with Crippen LogP contribution in [0.5, 0.6) is 0 Å². The van der Waals surface area contributed by atoms with Crippen LogP contribution in [0, 0.1) is 11.8 Å². The molecule has 2 amide bonds. The maximum Gasteiger partial charge on any atom is 0.234 e. The quantitative estimate of drug-likeness (QED) is 0.236. The molecule has 0 unspecified atom stereocenters. The van der Waals surface area contributed by atoms with Gasteiger partial charge in [0, 0.05) is 11.4 Å². The summed E-state index contributed by atoms with van der Waals surface area (Å²) in [6.45, 7) is 0. The Morgan fingerprint density at radius 2 is 1.00 bits per heavy atom. The molecule has 0 heterocycles. The number of amides is 2. The average molecular weight is 485 g/mol. The number of carbonyl (C=O) groups excluding carboxylic acids is 2. The van der Waals surface area contributed by atoms with Crippen molar-refractivity contribution in [3.8, 4) is 11.8 Å². The van der Waals surface area contributed by atoms with Gasteiger partial charge in [-0.25, -0.2) is 0 Å². The molecule has 4 aromatic rings. The summed E-state index contributed by atoms with van der Waals surface area (Å²) in [6, 6.07) is 27.9. The van der Waals surface area contributed by atoms with Gasteiger partial charge < -0.3 is 10.6 Å². The Morgan fingerprint density at radius 1 is 0.588 bits per heavy atom. The largest absolute Gasteiger partial charge is 0.325 e. The first-order chi connectivity index (χ1) is 16.7. The Morgan fingerprint density at radius 3 is 1.44 bits per heavy atom. The van der Waals surface area contributed by atoms with E-state index in [4.69, 9.17) is 0 Å². The fraction of sp³-hybridized carbons (Fsp3) is 0.143. The van der Waals surface area contributed by atoms with Crippen LogP contribution in [0.3, 0.4) is 0 Å². The maximum atomic E-state index is 12.2. The van der Waals surface area contributed by atoms with E-state index in [1.165, 1.54) is 23.5 Å². The summed E-state index contributed by atoms with van der Waals surface area (Å²) < 4.78 is 0. The fourth-order valence-electron chi connectivity index (χ4n) is 3.42. The average Bonchev–Trinajstić information content (AvgIpc) is 2.85. The molecule has 0 atom stereocenters. The number of nitrogens with one attached hydrogen (secondary N) is 2. The van der Waals surface area contributed by atoms with Gasteiger partial charge in [0.05, 0.1) is 23.0 Å². The van der Waals surface area contributed by atoms with Gasteiger partial charge in [-0.05, 0) is 45.8 Å². The van der Waals surface area contributed by atoms with Crippen molar-refractivity contribution in [3.63, 3.8) is 0 Å². The molecule has 0 bridgehead atoms. The van der Waals surface area contributed by atoms with Gasteiger partial charge in [-0.3, -0.25) is 9.59 Å². The first-order valence-corrected chi connectivity index (χ1v) is 13.2. The van der Waals surface area contributed by atoms with Gasteiger partial charge >= 0.3 is 0 Å². The highest BCUT2D eigenvalue weighted by atomic mass is 32.2. The van der Waals surface area contributed by atoms with Gasteiger partial charge in [0.1, 0.15) is 0 Å². The number of hydrogen-bond acceptors (Lipinski definition) is 4. The van der Waals surface area contributed by atoms with Gasteiger partial charge in [-0.1, -0.05) is 72.5 Å². The summed E-state index contributed by atoms with van der Waals surface area (Å²) >= 11 is 2.95. The Kier molecular flexibility index (Phi) is 8.50. The molecule has 0 aromatic heterocycles. The number of anilines is 2. The third-order valence-electron chi connectivity index (χ3n) is 5.01. The molecule has 6 heteroatoms. The molecular formula is C28H24N2O2S2. The molecule has 4 nitrogen and oxygen atoms in total. The van der Waals surface area contributed by atoms with Crippen LogP contribution in [0.1, 0.15) is 0 Å². The van der Waals surface area contributed by atoms with Gasteiger partial charge in [-0.15, -0.1) is 23.5 Å². The van der Waals surface area contributed by atoms with E-state index >= 15 is 0 Å². The van der Waals surface area contributed by atoms with Crippen molar-refractivity contribution in [2.45, 2.75) is 0 Å². The van der Waals surface area contributed by atoms with E-state index in [1.54, 1.807) is 0 Å². The molecule has 0 saturated heterocycles. The zero-order chi connectivity index (χ0) is 23.6. The lowest BCUT2D eigenvalue weighted by Crippen LogP contribution is -2.14. The lowest BCUT2D eigenvalue weighted by molar-refractivity contribution is -0.114. The summed E-state index contributed by atoms with van der Waals surface area (Å²) in [5.41, 5.74) is 1.60. The predicted octanol–water partition coefficient (Wildman–Crippen LogP) is 6.04. The molecule has 4 aromatic carbocycles. The van der Waals surface area contributed by atoms with E-state index in [1.807, 2.05) is 84.9 Å². The van der Waals surface area contributed by atoms with Crippen LogP contribution in [-0.2, 0) is 9.59 Å². The highest BCUT2D eigenvalue weighted by Crippen LogP contribution is 2.20. The molecule has 0 saturated carbocycles. The van der Waals surface area contributed by atoms with Crippen LogP contribution < -0.4 is 10.6 Å². The molecule has 2 N–H and O–H groups in total. The van der Waals surface area contributed by atoms with E-state index in [0.29, 0.717) is 23.0 Å². The van der Waals surface area contributed by atoms with Gasteiger partial charge in [0.2, 0.25) is 11.8 Å². The van der Waals surface area contributed by atoms with Crippen molar-refractivity contribution in [1.82, 2.24) is 0 Å². The molecule has 0 radical (unpaired) electrons. The second-order valence-corrected chi connectivity index (χ2v) is 9.53. The predicted molar refractivity (Wildman–Crippen MR) is 148 cm³/mol.